The van der Waals surface area contributed by atoms with Gasteiger partial charge in [-0.3, -0.25) is 9.78 Å². The summed E-state index contributed by atoms with van der Waals surface area (Å²) in [5, 5.41) is 3.20. The molecule has 0 aliphatic heterocycles. The fraction of sp³-hybridized carbons (Fsp3) is 0.0588. The molecule has 1 aromatic carbocycles. The number of primary amides is 1. The molecule has 0 bridgehead atoms. The van der Waals surface area contributed by atoms with E-state index in [-0.39, 0.29) is 5.95 Å². The van der Waals surface area contributed by atoms with Crippen LogP contribution in [0.3, 0.4) is 0 Å². The Bertz CT molecular complexity index is 849. The van der Waals surface area contributed by atoms with Crippen molar-refractivity contribution in [2.45, 2.75) is 6.54 Å². The molecular formula is C17H16N6O. The standard InChI is InChI=1S/C17H16N6O/c18-16(24)13-5-3-12(4-6-13)14-8-15(23-17(19)22-14)21-10-11-2-1-7-20-9-11/h1-9H,10H2,(H2,18,24)(H3,19,21,22,23). The molecule has 5 N–H and O–H groups in total. The van der Waals surface area contributed by atoms with E-state index >= 15 is 0 Å². The second kappa shape index (κ2) is 6.74. The predicted octanol–water partition coefficient (Wildman–Crippen LogP) is 1.83. The van der Waals surface area contributed by atoms with Crippen LogP contribution in [0.15, 0.2) is 54.9 Å². The third-order valence-corrected chi connectivity index (χ3v) is 3.41. The maximum absolute atomic E-state index is 11.1. The maximum atomic E-state index is 11.1. The number of hydrogen-bond acceptors (Lipinski definition) is 6. The molecule has 0 saturated carbocycles. The van der Waals surface area contributed by atoms with Crippen LogP contribution < -0.4 is 16.8 Å². The van der Waals surface area contributed by atoms with E-state index in [0.717, 1.165) is 11.1 Å². The van der Waals surface area contributed by atoms with Crippen molar-refractivity contribution in [3.8, 4) is 11.3 Å². The molecule has 0 unspecified atom stereocenters. The van der Waals surface area contributed by atoms with Crippen LogP contribution in [0.5, 0.6) is 0 Å². The van der Waals surface area contributed by atoms with Crippen molar-refractivity contribution in [3.05, 3.63) is 66.0 Å². The van der Waals surface area contributed by atoms with Gasteiger partial charge in [0.2, 0.25) is 11.9 Å². The smallest absolute Gasteiger partial charge is 0.248 e. The summed E-state index contributed by atoms with van der Waals surface area (Å²) in [6.45, 7) is 0.574. The number of hydrogen-bond donors (Lipinski definition) is 3. The van der Waals surface area contributed by atoms with Crippen molar-refractivity contribution >= 4 is 17.7 Å². The highest BCUT2D eigenvalue weighted by Crippen LogP contribution is 2.21. The van der Waals surface area contributed by atoms with Gasteiger partial charge in [0.15, 0.2) is 0 Å². The Balaban J connectivity index is 1.82. The number of amides is 1. The summed E-state index contributed by atoms with van der Waals surface area (Å²) in [5.41, 5.74) is 14.0. The van der Waals surface area contributed by atoms with E-state index in [0.29, 0.717) is 23.6 Å². The Labute approximate surface area is 138 Å². The number of nitrogens with one attached hydrogen (secondary N) is 1. The third-order valence-electron chi connectivity index (χ3n) is 3.41. The number of carbonyl (C=O) groups excluding carboxylic acids is 1. The molecule has 0 saturated heterocycles. The Kier molecular flexibility index (Phi) is 4.33. The summed E-state index contributed by atoms with van der Waals surface area (Å²) in [5.74, 6) is 0.308. The van der Waals surface area contributed by atoms with Gasteiger partial charge in [-0.25, -0.2) is 4.98 Å². The Morgan fingerprint density at radius 1 is 1.12 bits per heavy atom. The van der Waals surface area contributed by atoms with E-state index in [1.54, 1.807) is 42.7 Å². The number of pyridine rings is 1. The molecule has 2 heterocycles. The summed E-state index contributed by atoms with van der Waals surface area (Å²) in [7, 11) is 0. The van der Waals surface area contributed by atoms with Crippen LogP contribution in [0.1, 0.15) is 15.9 Å². The van der Waals surface area contributed by atoms with Crippen LogP contribution in [0.4, 0.5) is 11.8 Å². The lowest BCUT2D eigenvalue weighted by atomic mass is 10.1. The largest absolute Gasteiger partial charge is 0.368 e. The number of carbonyl (C=O) groups is 1. The van der Waals surface area contributed by atoms with E-state index in [2.05, 4.69) is 20.3 Å². The van der Waals surface area contributed by atoms with E-state index in [4.69, 9.17) is 11.5 Å². The summed E-state index contributed by atoms with van der Waals surface area (Å²) >= 11 is 0. The zero-order valence-electron chi connectivity index (χ0n) is 12.8. The minimum absolute atomic E-state index is 0.167. The van der Waals surface area contributed by atoms with Crippen LogP contribution in [0.25, 0.3) is 11.3 Å². The number of benzene rings is 1. The van der Waals surface area contributed by atoms with Crippen LogP contribution in [0.2, 0.25) is 0 Å². The zero-order chi connectivity index (χ0) is 16.9. The zero-order valence-corrected chi connectivity index (χ0v) is 12.8. The fourth-order valence-corrected chi connectivity index (χ4v) is 2.20. The number of nitrogens with zero attached hydrogens (tertiary/aromatic N) is 3. The fourth-order valence-electron chi connectivity index (χ4n) is 2.20. The van der Waals surface area contributed by atoms with Gasteiger partial charge in [0.05, 0.1) is 5.69 Å². The molecule has 2 aromatic heterocycles. The van der Waals surface area contributed by atoms with E-state index in [9.17, 15) is 4.79 Å². The predicted molar refractivity (Wildman–Crippen MR) is 92.0 cm³/mol. The van der Waals surface area contributed by atoms with Gasteiger partial charge in [-0.2, -0.15) is 4.98 Å². The van der Waals surface area contributed by atoms with Crippen molar-refractivity contribution in [1.82, 2.24) is 15.0 Å². The molecule has 7 nitrogen and oxygen atoms in total. The van der Waals surface area contributed by atoms with Gasteiger partial charge in [0.1, 0.15) is 5.82 Å². The number of aromatic nitrogens is 3. The van der Waals surface area contributed by atoms with Gasteiger partial charge in [0, 0.05) is 36.1 Å². The van der Waals surface area contributed by atoms with Crippen molar-refractivity contribution in [2.75, 3.05) is 11.1 Å². The summed E-state index contributed by atoms with van der Waals surface area (Å²) in [6.07, 6.45) is 3.50. The first kappa shape index (κ1) is 15.4. The first-order valence-corrected chi connectivity index (χ1v) is 7.29. The SMILES string of the molecule is NC(=O)c1ccc(-c2cc(NCc3cccnc3)nc(N)n2)cc1. The molecule has 120 valence electrons. The number of rotatable bonds is 5. The molecule has 0 aliphatic rings. The average Bonchev–Trinajstić information content (AvgIpc) is 2.60. The van der Waals surface area contributed by atoms with E-state index in [1.165, 1.54) is 0 Å². The topological polar surface area (TPSA) is 120 Å². The summed E-state index contributed by atoms with van der Waals surface area (Å²) in [4.78, 5) is 23.6. The molecule has 24 heavy (non-hydrogen) atoms. The minimum atomic E-state index is -0.470. The second-order valence-corrected chi connectivity index (χ2v) is 5.15. The van der Waals surface area contributed by atoms with Gasteiger partial charge >= 0.3 is 0 Å². The normalized spacial score (nSPS) is 10.3. The Hall–Kier alpha value is -3.48. The quantitative estimate of drug-likeness (QED) is 0.659. The molecule has 1 amide bonds. The third kappa shape index (κ3) is 3.64. The number of nitrogens with two attached hydrogens (primary N) is 2. The van der Waals surface area contributed by atoms with Gasteiger partial charge in [-0.15, -0.1) is 0 Å². The highest BCUT2D eigenvalue weighted by atomic mass is 16.1. The van der Waals surface area contributed by atoms with Crippen molar-refractivity contribution in [2.24, 2.45) is 5.73 Å². The van der Waals surface area contributed by atoms with Crippen molar-refractivity contribution in [3.63, 3.8) is 0 Å². The van der Waals surface area contributed by atoms with Crippen LogP contribution >= 0.6 is 0 Å². The van der Waals surface area contributed by atoms with E-state index in [1.807, 2.05) is 12.1 Å². The average molecular weight is 320 g/mol. The second-order valence-electron chi connectivity index (χ2n) is 5.15. The molecule has 0 fully saturated rings. The van der Waals surface area contributed by atoms with Crippen LogP contribution in [-0.4, -0.2) is 20.9 Å². The highest BCUT2D eigenvalue weighted by Gasteiger charge is 2.07. The monoisotopic (exact) mass is 320 g/mol. The van der Waals surface area contributed by atoms with Gasteiger partial charge in [0.25, 0.3) is 0 Å². The first-order valence-electron chi connectivity index (χ1n) is 7.29. The molecule has 0 atom stereocenters. The first-order chi connectivity index (χ1) is 11.6. The van der Waals surface area contributed by atoms with E-state index < -0.39 is 5.91 Å². The highest BCUT2D eigenvalue weighted by molar-refractivity contribution is 5.93. The molecule has 7 heteroatoms. The molecule has 3 rings (SSSR count). The van der Waals surface area contributed by atoms with Gasteiger partial charge in [-0.1, -0.05) is 18.2 Å². The van der Waals surface area contributed by atoms with Gasteiger partial charge in [-0.05, 0) is 23.8 Å². The number of anilines is 2. The lowest BCUT2D eigenvalue weighted by Gasteiger charge is -2.09. The summed E-state index contributed by atoms with van der Waals surface area (Å²) in [6, 6.07) is 12.5. The maximum Gasteiger partial charge on any atom is 0.248 e. The Morgan fingerprint density at radius 2 is 1.92 bits per heavy atom. The van der Waals surface area contributed by atoms with Crippen molar-refractivity contribution < 1.29 is 4.79 Å². The minimum Gasteiger partial charge on any atom is -0.368 e. The molecule has 3 aromatic rings. The molecular weight excluding hydrogens is 304 g/mol. The van der Waals surface area contributed by atoms with Crippen LogP contribution in [-0.2, 0) is 6.54 Å². The summed E-state index contributed by atoms with van der Waals surface area (Å²) < 4.78 is 0. The number of nitrogen functional groups attached to an aromatic ring is 1. The molecule has 0 radical (unpaired) electrons. The van der Waals surface area contributed by atoms with Crippen LogP contribution in [0, 0.1) is 0 Å². The lowest BCUT2D eigenvalue weighted by Crippen LogP contribution is -2.10. The molecule has 0 aliphatic carbocycles. The Morgan fingerprint density at radius 3 is 2.58 bits per heavy atom. The van der Waals surface area contributed by atoms with Gasteiger partial charge < -0.3 is 16.8 Å². The lowest BCUT2D eigenvalue weighted by molar-refractivity contribution is 0.100. The molecule has 0 spiro atoms. The van der Waals surface area contributed by atoms with Crippen molar-refractivity contribution in [1.29, 1.82) is 0 Å².